The number of para-hydroxylation sites is 1. The van der Waals surface area contributed by atoms with Gasteiger partial charge in [-0.2, -0.15) is 13.2 Å². The lowest BCUT2D eigenvalue weighted by molar-refractivity contribution is -0.206. The Morgan fingerprint density at radius 2 is 2.09 bits per heavy atom. The van der Waals surface area contributed by atoms with Crippen molar-refractivity contribution in [1.29, 1.82) is 0 Å². The standard InChI is InChI=1S/C15H15F3N2O2/c1-2-5-10(19)8-9-20-12-7-4-3-6-11(12)13(15(16,17)18)22-14(20)21/h3-4,6-7,10,13H,2,5,19H2,1H3. The second kappa shape index (κ2) is 6.28. The summed E-state index contributed by atoms with van der Waals surface area (Å²) in [5.41, 5.74) is 5.65. The zero-order valence-corrected chi connectivity index (χ0v) is 11.9. The summed E-state index contributed by atoms with van der Waals surface area (Å²) in [6.07, 6.45) is -6.67. The van der Waals surface area contributed by atoms with Gasteiger partial charge in [0.2, 0.25) is 6.10 Å². The van der Waals surface area contributed by atoms with Crippen LogP contribution < -0.4 is 10.6 Å². The molecule has 7 heteroatoms. The number of nitrogens with zero attached hydrogens (tertiary/aromatic N) is 1. The number of hydrogen-bond donors (Lipinski definition) is 1. The quantitative estimate of drug-likeness (QED) is 0.852. The molecule has 22 heavy (non-hydrogen) atoms. The third-order valence-electron chi connectivity index (χ3n) is 3.12. The summed E-state index contributed by atoms with van der Waals surface area (Å²) >= 11 is 0. The number of rotatable bonds is 2. The van der Waals surface area contributed by atoms with E-state index in [1.807, 2.05) is 6.92 Å². The molecule has 4 nitrogen and oxygen atoms in total. The molecule has 118 valence electrons. The van der Waals surface area contributed by atoms with E-state index in [1.165, 1.54) is 24.3 Å². The summed E-state index contributed by atoms with van der Waals surface area (Å²) in [6, 6.07) is 7.69. The van der Waals surface area contributed by atoms with Gasteiger partial charge in [0.1, 0.15) is 0 Å². The van der Waals surface area contributed by atoms with Crippen molar-refractivity contribution >= 4 is 11.8 Å². The molecule has 1 aliphatic rings. The van der Waals surface area contributed by atoms with Gasteiger partial charge < -0.3 is 10.5 Å². The molecule has 0 radical (unpaired) electrons. The number of anilines is 1. The molecule has 0 spiro atoms. The monoisotopic (exact) mass is 312 g/mol. The van der Waals surface area contributed by atoms with E-state index in [1.54, 1.807) is 0 Å². The molecule has 1 amide bonds. The number of fused-ring (bicyclic) bond motifs is 1. The van der Waals surface area contributed by atoms with Crippen LogP contribution in [0.4, 0.5) is 23.7 Å². The van der Waals surface area contributed by atoms with Gasteiger partial charge in [0.05, 0.1) is 11.7 Å². The Kier molecular flexibility index (Phi) is 4.62. The van der Waals surface area contributed by atoms with Gasteiger partial charge in [-0.25, -0.2) is 9.69 Å². The fourth-order valence-electron chi connectivity index (χ4n) is 2.11. The minimum atomic E-state index is -4.68. The summed E-state index contributed by atoms with van der Waals surface area (Å²) in [7, 11) is 0. The first kappa shape index (κ1) is 16.2. The van der Waals surface area contributed by atoms with Gasteiger partial charge >= 0.3 is 12.3 Å². The number of ether oxygens (including phenoxy) is 1. The third kappa shape index (κ3) is 3.34. The molecule has 0 saturated carbocycles. The van der Waals surface area contributed by atoms with E-state index in [4.69, 9.17) is 5.73 Å². The highest BCUT2D eigenvalue weighted by Crippen LogP contribution is 2.43. The van der Waals surface area contributed by atoms with Crippen molar-refractivity contribution in [3.05, 3.63) is 29.8 Å². The van der Waals surface area contributed by atoms with Crippen LogP contribution in [-0.2, 0) is 4.74 Å². The smallest absolute Gasteiger partial charge is 0.430 e. The lowest BCUT2D eigenvalue weighted by Gasteiger charge is -2.31. The first-order valence-electron chi connectivity index (χ1n) is 6.77. The zero-order chi connectivity index (χ0) is 16.3. The third-order valence-corrected chi connectivity index (χ3v) is 3.12. The SMILES string of the molecule is CCCC(N)C#CN1C(=O)OC(C(F)(F)F)c2ccccc21. The molecule has 1 heterocycles. The Balaban J connectivity index is 2.39. The van der Waals surface area contributed by atoms with Gasteiger partial charge in [0.25, 0.3) is 0 Å². The first-order valence-corrected chi connectivity index (χ1v) is 6.77. The summed E-state index contributed by atoms with van der Waals surface area (Å²) in [6.45, 7) is 1.93. The highest BCUT2D eigenvalue weighted by Gasteiger charge is 2.49. The lowest BCUT2D eigenvalue weighted by atomic mass is 10.0. The maximum atomic E-state index is 13.0. The lowest BCUT2D eigenvalue weighted by Crippen LogP contribution is -2.39. The number of benzene rings is 1. The van der Waals surface area contributed by atoms with Crippen LogP contribution in [0.25, 0.3) is 0 Å². The van der Waals surface area contributed by atoms with Gasteiger partial charge in [-0.1, -0.05) is 37.5 Å². The van der Waals surface area contributed by atoms with Gasteiger partial charge in [-0.15, -0.1) is 0 Å². The predicted octanol–water partition coefficient (Wildman–Crippen LogP) is 3.33. The van der Waals surface area contributed by atoms with Gasteiger partial charge in [-0.05, 0) is 12.5 Å². The highest BCUT2D eigenvalue weighted by molar-refractivity contribution is 5.94. The van der Waals surface area contributed by atoms with Crippen LogP contribution in [0.5, 0.6) is 0 Å². The molecule has 1 aliphatic heterocycles. The molecule has 2 unspecified atom stereocenters. The Morgan fingerprint density at radius 1 is 1.41 bits per heavy atom. The van der Waals surface area contributed by atoms with Crippen molar-refractivity contribution < 1.29 is 22.7 Å². The highest BCUT2D eigenvalue weighted by atomic mass is 19.4. The molecule has 0 aromatic heterocycles. The van der Waals surface area contributed by atoms with Crippen molar-refractivity contribution in [3.8, 4) is 12.0 Å². The fourth-order valence-corrected chi connectivity index (χ4v) is 2.11. The predicted molar refractivity (Wildman–Crippen MR) is 74.9 cm³/mol. The van der Waals surface area contributed by atoms with Crippen LogP contribution in [0, 0.1) is 12.0 Å². The maximum Gasteiger partial charge on any atom is 0.430 e. The van der Waals surface area contributed by atoms with E-state index < -0.39 is 24.4 Å². The summed E-state index contributed by atoms with van der Waals surface area (Å²) in [5, 5.41) is 0. The fraction of sp³-hybridized carbons (Fsp3) is 0.400. The van der Waals surface area contributed by atoms with Crippen LogP contribution in [0.3, 0.4) is 0 Å². The Hall–Kier alpha value is -2.20. The number of cyclic esters (lactones) is 1. The van der Waals surface area contributed by atoms with Gasteiger partial charge in [-0.3, -0.25) is 0 Å². The molecule has 0 bridgehead atoms. The number of alkyl halides is 3. The average molecular weight is 312 g/mol. The molecular formula is C15H15F3N2O2. The Morgan fingerprint density at radius 3 is 2.73 bits per heavy atom. The zero-order valence-electron chi connectivity index (χ0n) is 11.9. The van der Waals surface area contributed by atoms with E-state index in [-0.39, 0.29) is 11.3 Å². The van der Waals surface area contributed by atoms with Crippen LogP contribution >= 0.6 is 0 Å². The van der Waals surface area contributed by atoms with Crippen LogP contribution in [0.1, 0.15) is 31.4 Å². The van der Waals surface area contributed by atoms with E-state index >= 15 is 0 Å². The van der Waals surface area contributed by atoms with Gasteiger partial charge in [0, 0.05) is 11.6 Å². The second-order valence-corrected chi connectivity index (χ2v) is 4.85. The number of hydrogen-bond acceptors (Lipinski definition) is 3. The number of carbonyl (C=O) groups excluding carboxylic acids is 1. The van der Waals surface area contributed by atoms with Crippen LogP contribution in [-0.4, -0.2) is 18.3 Å². The van der Waals surface area contributed by atoms with Crippen molar-refractivity contribution in [3.63, 3.8) is 0 Å². The summed E-state index contributed by atoms with van der Waals surface area (Å²) < 4.78 is 43.5. The molecule has 1 aromatic rings. The van der Waals surface area contributed by atoms with E-state index in [0.717, 1.165) is 11.3 Å². The van der Waals surface area contributed by atoms with Crippen molar-refractivity contribution in [1.82, 2.24) is 0 Å². The number of nitrogens with two attached hydrogens (primary N) is 1. The molecule has 0 saturated heterocycles. The molecule has 1 aromatic carbocycles. The number of amides is 1. The van der Waals surface area contributed by atoms with Gasteiger partial charge in [0.15, 0.2) is 0 Å². The average Bonchev–Trinajstić information content (AvgIpc) is 2.45. The second-order valence-electron chi connectivity index (χ2n) is 4.85. The first-order chi connectivity index (χ1) is 10.3. The molecular weight excluding hydrogens is 297 g/mol. The molecule has 2 atom stereocenters. The minimum absolute atomic E-state index is 0.0669. The van der Waals surface area contributed by atoms with E-state index in [2.05, 4.69) is 16.7 Å². The Labute approximate surface area is 126 Å². The molecule has 0 aliphatic carbocycles. The largest absolute Gasteiger partial charge is 0.430 e. The number of halogens is 3. The topological polar surface area (TPSA) is 55.6 Å². The summed E-state index contributed by atoms with van der Waals surface area (Å²) in [5.74, 6) is 2.65. The van der Waals surface area contributed by atoms with Crippen molar-refractivity contribution in [2.45, 2.75) is 38.1 Å². The minimum Gasteiger partial charge on any atom is -0.430 e. The summed E-state index contributed by atoms with van der Waals surface area (Å²) in [4.78, 5) is 12.7. The van der Waals surface area contributed by atoms with Crippen molar-refractivity contribution in [2.24, 2.45) is 5.73 Å². The molecule has 0 fully saturated rings. The maximum absolute atomic E-state index is 13.0. The van der Waals surface area contributed by atoms with E-state index in [9.17, 15) is 18.0 Å². The molecule has 2 rings (SSSR count). The Bertz CT molecular complexity index is 619. The van der Waals surface area contributed by atoms with Crippen LogP contribution in [0.15, 0.2) is 24.3 Å². The number of carbonyl (C=O) groups is 1. The van der Waals surface area contributed by atoms with E-state index in [0.29, 0.717) is 6.42 Å². The normalized spacial score (nSPS) is 18.9. The molecule has 2 N–H and O–H groups in total. The van der Waals surface area contributed by atoms with Crippen molar-refractivity contribution in [2.75, 3.05) is 4.90 Å². The van der Waals surface area contributed by atoms with Crippen LogP contribution in [0.2, 0.25) is 0 Å².